The third kappa shape index (κ3) is 3.45. The Hall–Kier alpha value is -1.91. The molecule has 2 atom stereocenters. The van der Waals surface area contributed by atoms with Gasteiger partial charge in [-0.3, -0.25) is 14.6 Å². The molecule has 2 aliphatic rings. The van der Waals surface area contributed by atoms with Crippen molar-refractivity contribution in [3.8, 4) is 0 Å². The predicted molar refractivity (Wildman–Crippen MR) is 92.1 cm³/mol. The Morgan fingerprint density at radius 1 is 1.21 bits per heavy atom. The molecule has 2 fully saturated rings. The lowest BCUT2D eigenvalue weighted by atomic mass is 9.99. The Balaban J connectivity index is 1.79. The summed E-state index contributed by atoms with van der Waals surface area (Å²) in [6, 6.07) is 4.30. The van der Waals surface area contributed by atoms with Gasteiger partial charge in [-0.1, -0.05) is 12.8 Å². The summed E-state index contributed by atoms with van der Waals surface area (Å²) in [4.78, 5) is 33.3. The zero-order valence-corrected chi connectivity index (χ0v) is 14.6. The summed E-state index contributed by atoms with van der Waals surface area (Å²) >= 11 is 0. The van der Waals surface area contributed by atoms with E-state index in [1.165, 1.54) is 0 Å². The van der Waals surface area contributed by atoms with Gasteiger partial charge < -0.3 is 9.80 Å². The van der Waals surface area contributed by atoms with Gasteiger partial charge in [-0.05, 0) is 44.4 Å². The van der Waals surface area contributed by atoms with Gasteiger partial charge in [-0.15, -0.1) is 0 Å². The second-order valence-electron chi connectivity index (χ2n) is 7.22. The minimum absolute atomic E-state index is 0.110. The highest BCUT2D eigenvalue weighted by molar-refractivity contribution is 5.89. The monoisotopic (exact) mass is 329 g/mol. The lowest BCUT2D eigenvalue weighted by Crippen LogP contribution is -2.40. The van der Waals surface area contributed by atoms with E-state index in [0.717, 1.165) is 37.8 Å². The van der Waals surface area contributed by atoms with Crippen LogP contribution in [-0.4, -0.2) is 45.7 Å². The molecule has 2 aliphatic heterocycles. The van der Waals surface area contributed by atoms with Crippen LogP contribution in [0.4, 0.5) is 0 Å². The van der Waals surface area contributed by atoms with Gasteiger partial charge in [0.05, 0.1) is 12.0 Å². The zero-order valence-electron chi connectivity index (χ0n) is 14.6. The molecule has 3 heterocycles. The molecule has 5 heteroatoms. The van der Waals surface area contributed by atoms with Crippen molar-refractivity contribution in [2.45, 2.75) is 58.0 Å². The van der Waals surface area contributed by atoms with Crippen molar-refractivity contribution < 1.29 is 9.59 Å². The molecule has 0 unspecified atom stereocenters. The van der Waals surface area contributed by atoms with E-state index >= 15 is 0 Å². The summed E-state index contributed by atoms with van der Waals surface area (Å²) in [7, 11) is 0. The largest absolute Gasteiger partial charge is 0.339 e. The van der Waals surface area contributed by atoms with Gasteiger partial charge in [-0.25, -0.2) is 0 Å². The average Bonchev–Trinajstić information content (AvgIpc) is 2.82. The minimum atomic E-state index is -0.192. The van der Waals surface area contributed by atoms with E-state index in [0.29, 0.717) is 13.0 Å². The van der Waals surface area contributed by atoms with Gasteiger partial charge in [0.15, 0.2) is 0 Å². The van der Waals surface area contributed by atoms with E-state index in [1.54, 1.807) is 12.4 Å². The number of pyridine rings is 1. The molecule has 0 N–H and O–H groups in total. The molecule has 3 rings (SSSR count). The fourth-order valence-corrected chi connectivity index (χ4v) is 3.93. The minimum Gasteiger partial charge on any atom is -0.339 e. The first-order valence-electron chi connectivity index (χ1n) is 9.08. The van der Waals surface area contributed by atoms with Crippen LogP contribution in [0, 0.1) is 5.92 Å². The number of carbonyl (C=O) groups excluding carboxylic acids is 2. The van der Waals surface area contributed by atoms with Gasteiger partial charge in [0, 0.05) is 37.9 Å². The molecule has 2 saturated heterocycles. The highest BCUT2D eigenvalue weighted by Crippen LogP contribution is 2.33. The number of nitrogens with zero attached hydrogens (tertiary/aromatic N) is 3. The van der Waals surface area contributed by atoms with Crippen molar-refractivity contribution in [3.63, 3.8) is 0 Å². The summed E-state index contributed by atoms with van der Waals surface area (Å²) in [5.74, 6) is 0.0659. The fraction of sp³-hybridized carbons (Fsp3) is 0.632. The summed E-state index contributed by atoms with van der Waals surface area (Å²) < 4.78 is 0. The zero-order chi connectivity index (χ0) is 17.1. The predicted octanol–water partition coefficient (Wildman–Crippen LogP) is 2.78. The smallest absolute Gasteiger partial charge is 0.228 e. The molecule has 0 aromatic carbocycles. The molecule has 0 radical (unpaired) electrons. The van der Waals surface area contributed by atoms with Gasteiger partial charge in [0.25, 0.3) is 0 Å². The number of hydrogen-bond acceptors (Lipinski definition) is 3. The van der Waals surface area contributed by atoms with Crippen LogP contribution in [0.5, 0.6) is 0 Å². The van der Waals surface area contributed by atoms with Crippen LogP contribution in [0.25, 0.3) is 0 Å². The van der Waals surface area contributed by atoms with E-state index in [1.807, 2.05) is 35.8 Å². The average molecular weight is 329 g/mol. The molecule has 0 spiro atoms. The summed E-state index contributed by atoms with van der Waals surface area (Å²) in [5, 5.41) is 0. The Kier molecular flexibility index (Phi) is 5.17. The number of aromatic nitrogens is 1. The van der Waals surface area contributed by atoms with Crippen LogP contribution in [0.3, 0.4) is 0 Å². The van der Waals surface area contributed by atoms with Crippen LogP contribution in [0.1, 0.15) is 57.6 Å². The molecule has 0 bridgehead atoms. The Morgan fingerprint density at radius 2 is 1.96 bits per heavy atom. The topological polar surface area (TPSA) is 53.5 Å². The molecule has 0 saturated carbocycles. The number of amides is 2. The van der Waals surface area contributed by atoms with E-state index in [9.17, 15) is 9.59 Å². The molecule has 24 heavy (non-hydrogen) atoms. The first-order chi connectivity index (χ1) is 11.6. The molecule has 1 aromatic rings. The molecule has 0 aliphatic carbocycles. The molecule has 5 nitrogen and oxygen atoms in total. The third-order valence-electron chi connectivity index (χ3n) is 5.26. The van der Waals surface area contributed by atoms with Gasteiger partial charge in [0.1, 0.15) is 0 Å². The van der Waals surface area contributed by atoms with Crippen LogP contribution < -0.4 is 0 Å². The maximum Gasteiger partial charge on any atom is 0.228 e. The van der Waals surface area contributed by atoms with Gasteiger partial charge in [-0.2, -0.15) is 0 Å². The Morgan fingerprint density at radius 3 is 2.62 bits per heavy atom. The van der Waals surface area contributed by atoms with E-state index in [2.05, 4.69) is 4.98 Å². The highest BCUT2D eigenvalue weighted by atomic mass is 16.2. The molecular weight excluding hydrogens is 302 g/mol. The maximum absolute atomic E-state index is 13.2. The normalized spacial score (nSPS) is 25.2. The standard InChI is InChI=1S/C19H27N3O2/c1-14(2)22-13-16(12-18(22)23)19(24)21-11-5-3-4-6-17(21)15-7-9-20-10-8-15/h7-10,14,16-17H,3-6,11-13H2,1-2H3/t16-,17-/m0/s1. The fourth-order valence-electron chi connectivity index (χ4n) is 3.93. The summed E-state index contributed by atoms with van der Waals surface area (Å²) in [6.07, 6.45) is 8.28. The Bertz CT molecular complexity index is 588. The van der Waals surface area contributed by atoms with E-state index in [4.69, 9.17) is 0 Å². The number of hydrogen-bond donors (Lipinski definition) is 0. The summed E-state index contributed by atoms with van der Waals surface area (Å²) in [6.45, 7) is 5.38. The van der Waals surface area contributed by atoms with Gasteiger partial charge in [0.2, 0.25) is 11.8 Å². The van der Waals surface area contributed by atoms with Crippen molar-refractivity contribution in [1.29, 1.82) is 0 Å². The lowest BCUT2D eigenvalue weighted by molar-refractivity contribution is -0.138. The second kappa shape index (κ2) is 7.32. The molecule has 130 valence electrons. The summed E-state index contributed by atoms with van der Waals surface area (Å²) in [5.41, 5.74) is 1.16. The highest BCUT2D eigenvalue weighted by Gasteiger charge is 2.39. The lowest BCUT2D eigenvalue weighted by Gasteiger charge is -2.32. The van der Waals surface area contributed by atoms with Crippen LogP contribution in [0.15, 0.2) is 24.5 Å². The molecule has 1 aromatic heterocycles. The third-order valence-corrected chi connectivity index (χ3v) is 5.26. The van der Waals surface area contributed by atoms with Crippen molar-refractivity contribution in [1.82, 2.24) is 14.8 Å². The number of rotatable bonds is 3. The van der Waals surface area contributed by atoms with Crippen molar-refractivity contribution in [3.05, 3.63) is 30.1 Å². The van der Waals surface area contributed by atoms with E-state index < -0.39 is 0 Å². The van der Waals surface area contributed by atoms with E-state index in [-0.39, 0.29) is 29.8 Å². The SMILES string of the molecule is CC(C)N1C[C@@H](C(=O)N2CCCCC[C@H]2c2ccncc2)CC1=O. The van der Waals surface area contributed by atoms with Crippen LogP contribution >= 0.6 is 0 Å². The first kappa shape index (κ1) is 16.9. The molecule has 2 amide bonds. The number of likely N-dealkylation sites (tertiary alicyclic amines) is 2. The molecular formula is C19H27N3O2. The Labute approximate surface area is 144 Å². The van der Waals surface area contributed by atoms with Crippen molar-refractivity contribution >= 4 is 11.8 Å². The second-order valence-corrected chi connectivity index (χ2v) is 7.22. The quantitative estimate of drug-likeness (QED) is 0.857. The number of carbonyl (C=O) groups is 2. The van der Waals surface area contributed by atoms with Crippen LogP contribution in [-0.2, 0) is 9.59 Å². The first-order valence-corrected chi connectivity index (χ1v) is 9.08. The van der Waals surface area contributed by atoms with Crippen molar-refractivity contribution in [2.75, 3.05) is 13.1 Å². The van der Waals surface area contributed by atoms with Crippen molar-refractivity contribution in [2.24, 2.45) is 5.92 Å². The van der Waals surface area contributed by atoms with Crippen LogP contribution in [0.2, 0.25) is 0 Å². The van der Waals surface area contributed by atoms with Gasteiger partial charge >= 0.3 is 0 Å². The maximum atomic E-state index is 13.2.